The van der Waals surface area contributed by atoms with Crippen molar-refractivity contribution in [3.05, 3.63) is 35.1 Å². The van der Waals surface area contributed by atoms with Crippen LogP contribution in [0, 0.1) is 5.82 Å². The van der Waals surface area contributed by atoms with Crippen LogP contribution < -0.4 is 0 Å². The van der Waals surface area contributed by atoms with Crippen LogP contribution in [-0.4, -0.2) is 5.78 Å². The molecule has 1 aromatic carbocycles. The number of carbonyl (C=O) groups excluding carboxylic acids is 1. The maximum atomic E-state index is 13.4. The van der Waals surface area contributed by atoms with Crippen LogP contribution in [0.5, 0.6) is 0 Å². The van der Waals surface area contributed by atoms with Gasteiger partial charge in [0.15, 0.2) is 5.78 Å². The van der Waals surface area contributed by atoms with Gasteiger partial charge in [0.2, 0.25) is 0 Å². The molecule has 106 valence electrons. The van der Waals surface area contributed by atoms with E-state index < -0.39 is 28.9 Å². The summed E-state index contributed by atoms with van der Waals surface area (Å²) in [4.78, 5) is 11.7. The number of unbranched alkanes of at least 4 members (excludes halogenated alkanes) is 3. The van der Waals surface area contributed by atoms with E-state index in [2.05, 4.69) is 0 Å². The Bertz CT molecular complexity index is 438. The minimum atomic E-state index is -4.56. The van der Waals surface area contributed by atoms with Crippen LogP contribution in [0.2, 0.25) is 0 Å². The Morgan fingerprint density at radius 3 is 2.42 bits per heavy atom. The largest absolute Gasteiger partial charge is 0.416 e. The van der Waals surface area contributed by atoms with Crippen LogP contribution in [0.1, 0.15) is 54.9 Å². The van der Waals surface area contributed by atoms with E-state index in [-0.39, 0.29) is 6.42 Å². The molecule has 0 amide bonds. The summed E-state index contributed by atoms with van der Waals surface area (Å²) >= 11 is 0. The number of halogens is 4. The SMILES string of the molecule is CCCCCCC(=O)c1cc(C(F)(F)F)ccc1F. The summed E-state index contributed by atoms with van der Waals surface area (Å²) in [6.07, 6.45) is -1.14. The number of benzene rings is 1. The van der Waals surface area contributed by atoms with Gasteiger partial charge in [0.05, 0.1) is 11.1 Å². The fourth-order valence-electron chi connectivity index (χ4n) is 1.76. The molecule has 0 aliphatic rings. The topological polar surface area (TPSA) is 17.1 Å². The van der Waals surface area contributed by atoms with Crippen molar-refractivity contribution >= 4 is 5.78 Å². The molecular weight excluding hydrogens is 260 g/mol. The molecule has 0 saturated carbocycles. The molecule has 0 unspecified atom stereocenters. The molecule has 0 atom stereocenters. The molecule has 1 nitrogen and oxygen atoms in total. The zero-order valence-corrected chi connectivity index (χ0v) is 10.7. The molecule has 0 bridgehead atoms. The summed E-state index contributed by atoms with van der Waals surface area (Å²) < 4.78 is 50.8. The minimum Gasteiger partial charge on any atom is -0.294 e. The standard InChI is InChI=1S/C14H16F4O/c1-2-3-4-5-6-13(19)11-9-10(14(16,17)18)7-8-12(11)15/h7-9H,2-6H2,1H3. The number of rotatable bonds is 6. The maximum absolute atomic E-state index is 13.4. The van der Waals surface area contributed by atoms with Gasteiger partial charge >= 0.3 is 6.18 Å². The van der Waals surface area contributed by atoms with Crippen LogP contribution in [0.25, 0.3) is 0 Å². The molecule has 0 aliphatic carbocycles. The lowest BCUT2D eigenvalue weighted by molar-refractivity contribution is -0.137. The quantitative estimate of drug-likeness (QED) is 0.406. The Hall–Kier alpha value is -1.39. The Morgan fingerprint density at radius 2 is 1.84 bits per heavy atom. The lowest BCUT2D eigenvalue weighted by Crippen LogP contribution is -2.09. The van der Waals surface area contributed by atoms with Crippen molar-refractivity contribution in [3.63, 3.8) is 0 Å². The third-order valence-electron chi connectivity index (χ3n) is 2.85. The second-order valence-corrected chi connectivity index (χ2v) is 4.43. The van der Waals surface area contributed by atoms with Gasteiger partial charge in [-0.1, -0.05) is 26.2 Å². The summed E-state index contributed by atoms with van der Waals surface area (Å²) in [5.41, 5.74) is -1.46. The maximum Gasteiger partial charge on any atom is 0.416 e. The van der Waals surface area contributed by atoms with Gasteiger partial charge in [0.25, 0.3) is 0 Å². The lowest BCUT2D eigenvalue weighted by atomic mass is 10.0. The van der Waals surface area contributed by atoms with Gasteiger partial charge in [-0.05, 0) is 24.6 Å². The van der Waals surface area contributed by atoms with Gasteiger partial charge in [0, 0.05) is 6.42 Å². The van der Waals surface area contributed by atoms with E-state index in [9.17, 15) is 22.4 Å². The zero-order chi connectivity index (χ0) is 14.5. The third-order valence-corrected chi connectivity index (χ3v) is 2.85. The first-order valence-electron chi connectivity index (χ1n) is 6.26. The van der Waals surface area contributed by atoms with Crippen molar-refractivity contribution in [3.8, 4) is 0 Å². The monoisotopic (exact) mass is 276 g/mol. The number of hydrogen-bond acceptors (Lipinski definition) is 1. The molecule has 19 heavy (non-hydrogen) atoms. The van der Waals surface area contributed by atoms with Crippen molar-refractivity contribution in [2.45, 2.75) is 45.2 Å². The smallest absolute Gasteiger partial charge is 0.294 e. The fraction of sp³-hybridized carbons (Fsp3) is 0.500. The van der Waals surface area contributed by atoms with Crippen molar-refractivity contribution in [1.82, 2.24) is 0 Å². The number of Topliss-reactive ketones (excluding diaryl/α,β-unsaturated/α-hetero) is 1. The molecule has 1 aromatic rings. The molecule has 0 spiro atoms. The first kappa shape index (κ1) is 15.7. The Morgan fingerprint density at radius 1 is 1.16 bits per heavy atom. The van der Waals surface area contributed by atoms with Gasteiger partial charge < -0.3 is 0 Å². The minimum absolute atomic E-state index is 0.0816. The summed E-state index contributed by atoms with van der Waals surface area (Å²) in [6.45, 7) is 2.01. The van der Waals surface area contributed by atoms with E-state index in [0.717, 1.165) is 19.3 Å². The normalized spacial score (nSPS) is 11.6. The predicted molar refractivity (Wildman–Crippen MR) is 64.5 cm³/mol. The van der Waals surface area contributed by atoms with E-state index in [0.29, 0.717) is 24.6 Å². The Labute approximate surface area is 109 Å². The zero-order valence-electron chi connectivity index (χ0n) is 10.7. The Kier molecular flexibility index (Phi) is 5.51. The van der Waals surface area contributed by atoms with Gasteiger partial charge in [-0.25, -0.2) is 4.39 Å². The van der Waals surface area contributed by atoms with E-state index >= 15 is 0 Å². The molecule has 0 aliphatic heterocycles. The molecule has 0 fully saturated rings. The van der Waals surface area contributed by atoms with Crippen molar-refractivity contribution in [2.24, 2.45) is 0 Å². The summed E-state index contributed by atoms with van der Waals surface area (Å²) in [5.74, 6) is -1.46. The van der Waals surface area contributed by atoms with Crippen molar-refractivity contribution < 1.29 is 22.4 Å². The van der Waals surface area contributed by atoms with Crippen LogP contribution in [-0.2, 0) is 6.18 Å². The number of hydrogen-bond donors (Lipinski definition) is 0. The van der Waals surface area contributed by atoms with Crippen molar-refractivity contribution in [2.75, 3.05) is 0 Å². The summed E-state index contributed by atoms with van der Waals surface area (Å²) in [5, 5.41) is 0. The van der Waals surface area contributed by atoms with Gasteiger partial charge in [-0.2, -0.15) is 13.2 Å². The summed E-state index contributed by atoms with van der Waals surface area (Å²) in [6, 6.07) is 1.93. The molecule has 0 radical (unpaired) electrons. The fourth-order valence-corrected chi connectivity index (χ4v) is 1.76. The third kappa shape index (κ3) is 4.65. The van der Waals surface area contributed by atoms with Crippen LogP contribution in [0.4, 0.5) is 17.6 Å². The Balaban J connectivity index is 2.78. The van der Waals surface area contributed by atoms with Crippen LogP contribution >= 0.6 is 0 Å². The lowest BCUT2D eigenvalue weighted by Gasteiger charge is -2.09. The molecule has 1 rings (SSSR count). The average Bonchev–Trinajstić information content (AvgIpc) is 2.33. The first-order valence-corrected chi connectivity index (χ1v) is 6.26. The summed E-state index contributed by atoms with van der Waals surface area (Å²) in [7, 11) is 0. The van der Waals surface area contributed by atoms with E-state index in [1.165, 1.54) is 0 Å². The van der Waals surface area contributed by atoms with Crippen LogP contribution in [0.15, 0.2) is 18.2 Å². The number of alkyl halides is 3. The van der Waals surface area contributed by atoms with E-state index in [1.54, 1.807) is 0 Å². The molecular formula is C14H16F4O. The van der Waals surface area contributed by atoms with E-state index in [4.69, 9.17) is 0 Å². The predicted octanol–water partition coefficient (Wildman–Crippen LogP) is 5.00. The number of carbonyl (C=O) groups is 1. The molecule has 5 heteroatoms. The van der Waals surface area contributed by atoms with Crippen molar-refractivity contribution in [1.29, 1.82) is 0 Å². The highest BCUT2D eigenvalue weighted by molar-refractivity contribution is 5.96. The van der Waals surface area contributed by atoms with Gasteiger partial charge in [0.1, 0.15) is 5.82 Å². The average molecular weight is 276 g/mol. The second kappa shape index (κ2) is 6.68. The highest BCUT2D eigenvalue weighted by Gasteiger charge is 2.31. The highest BCUT2D eigenvalue weighted by atomic mass is 19.4. The van der Waals surface area contributed by atoms with E-state index in [1.807, 2.05) is 6.92 Å². The van der Waals surface area contributed by atoms with Gasteiger partial charge in [-0.3, -0.25) is 4.79 Å². The van der Waals surface area contributed by atoms with Crippen LogP contribution in [0.3, 0.4) is 0 Å². The first-order chi connectivity index (χ1) is 8.86. The molecule has 0 heterocycles. The molecule has 0 saturated heterocycles. The molecule has 0 aromatic heterocycles. The highest BCUT2D eigenvalue weighted by Crippen LogP contribution is 2.30. The number of ketones is 1. The van der Waals surface area contributed by atoms with Gasteiger partial charge in [-0.15, -0.1) is 0 Å². The molecule has 0 N–H and O–H groups in total. The second-order valence-electron chi connectivity index (χ2n) is 4.43.